The van der Waals surface area contributed by atoms with Crippen molar-refractivity contribution < 1.29 is 9.53 Å². The lowest BCUT2D eigenvalue weighted by Gasteiger charge is -2.20. The second kappa shape index (κ2) is 11.8. The Balaban J connectivity index is 1.65. The molecule has 8 heteroatoms. The molecule has 1 heterocycles. The van der Waals surface area contributed by atoms with Gasteiger partial charge in [0.05, 0.1) is 12.8 Å². The number of carbonyl (C=O) groups excluding carboxylic acids is 1. The predicted molar refractivity (Wildman–Crippen MR) is 108 cm³/mol. The summed E-state index contributed by atoms with van der Waals surface area (Å²) in [5, 5.41) is 9.21. The number of nitrogens with two attached hydrogens (primary N) is 1. The fourth-order valence-corrected chi connectivity index (χ4v) is 3.02. The molecule has 27 heavy (non-hydrogen) atoms. The first-order chi connectivity index (χ1) is 13.1. The fourth-order valence-electron chi connectivity index (χ4n) is 3.02. The number of benzene rings is 1. The Labute approximate surface area is 162 Å². The van der Waals surface area contributed by atoms with Gasteiger partial charge in [0.2, 0.25) is 0 Å². The zero-order valence-corrected chi connectivity index (χ0v) is 16.5. The minimum atomic E-state index is -0.260. The van der Waals surface area contributed by atoms with Crippen molar-refractivity contribution in [3.8, 4) is 5.75 Å². The highest BCUT2D eigenvalue weighted by atomic mass is 16.5. The van der Waals surface area contributed by atoms with Crippen LogP contribution in [0.2, 0.25) is 0 Å². The van der Waals surface area contributed by atoms with Gasteiger partial charge in [0, 0.05) is 39.4 Å². The van der Waals surface area contributed by atoms with E-state index in [0.717, 1.165) is 50.6 Å². The molecule has 1 aromatic rings. The van der Waals surface area contributed by atoms with E-state index in [1.165, 1.54) is 0 Å². The van der Waals surface area contributed by atoms with Gasteiger partial charge in [0.15, 0.2) is 0 Å². The van der Waals surface area contributed by atoms with Crippen molar-refractivity contribution in [2.24, 2.45) is 5.73 Å². The summed E-state index contributed by atoms with van der Waals surface area (Å²) in [7, 11) is 1.96. The number of carbonyl (C=O) groups is 1. The van der Waals surface area contributed by atoms with Gasteiger partial charge in [0.1, 0.15) is 5.75 Å². The Bertz CT molecular complexity index is 554. The summed E-state index contributed by atoms with van der Waals surface area (Å²) >= 11 is 0. The molecule has 1 aromatic carbocycles. The minimum absolute atomic E-state index is 0.000104. The van der Waals surface area contributed by atoms with E-state index in [4.69, 9.17) is 10.5 Å². The number of amides is 2. The molecule has 2 rings (SSSR count). The van der Waals surface area contributed by atoms with E-state index in [0.29, 0.717) is 19.7 Å². The van der Waals surface area contributed by atoms with Crippen LogP contribution < -0.4 is 26.4 Å². The second-order valence-corrected chi connectivity index (χ2v) is 6.64. The molecule has 5 N–H and O–H groups in total. The number of nitrogens with zero attached hydrogens (tertiary/aromatic N) is 2. The maximum atomic E-state index is 11.5. The van der Waals surface area contributed by atoms with Crippen molar-refractivity contribution in [1.82, 2.24) is 25.8 Å². The quantitative estimate of drug-likeness (QED) is 0.295. The Morgan fingerprint density at radius 2 is 2.15 bits per heavy atom. The third-order valence-electron chi connectivity index (χ3n) is 4.65. The summed E-state index contributed by atoms with van der Waals surface area (Å²) in [6.45, 7) is 8.60. The maximum absolute atomic E-state index is 11.5. The summed E-state index contributed by atoms with van der Waals surface area (Å²) in [5.74, 6) is 0.858. The van der Waals surface area contributed by atoms with Gasteiger partial charge in [0.25, 0.3) is 0 Å². The van der Waals surface area contributed by atoms with Crippen LogP contribution in [-0.4, -0.2) is 75.4 Å². The van der Waals surface area contributed by atoms with Crippen LogP contribution in [0.3, 0.4) is 0 Å². The average molecular weight is 379 g/mol. The monoisotopic (exact) mass is 378 g/mol. The van der Waals surface area contributed by atoms with E-state index in [1.807, 2.05) is 31.3 Å². The number of urea groups is 1. The summed E-state index contributed by atoms with van der Waals surface area (Å²) in [6, 6.07) is 7.87. The Kier molecular flexibility index (Phi) is 9.34. The van der Waals surface area contributed by atoms with Crippen LogP contribution in [0.5, 0.6) is 5.75 Å². The number of hydrogen-bond donors (Lipinski definition) is 4. The van der Waals surface area contributed by atoms with Crippen molar-refractivity contribution in [2.75, 3.05) is 59.6 Å². The van der Waals surface area contributed by atoms with Gasteiger partial charge in [-0.3, -0.25) is 10.2 Å². The van der Waals surface area contributed by atoms with Gasteiger partial charge >= 0.3 is 6.03 Å². The molecule has 152 valence electrons. The summed E-state index contributed by atoms with van der Waals surface area (Å²) in [4.78, 5) is 15.6. The molecular formula is C19H34N6O2. The lowest BCUT2D eigenvalue weighted by Crippen LogP contribution is -2.38. The Morgan fingerprint density at radius 3 is 2.78 bits per heavy atom. The van der Waals surface area contributed by atoms with Crippen LogP contribution in [0.1, 0.15) is 25.1 Å². The van der Waals surface area contributed by atoms with Gasteiger partial charge in [-0.05, 0) is 37.7 Å². The molecule has 1 aliphatic heterocycles. The number of rotatable bonds is 13. The molecule has 0 spiro atoms. The molecule has 1 aliphatic rings. The topological polar surface area (TPSA) is 94.9 Å². The molecule has 1 unspecified atom stereocenters. The van der Waals surface area contributed by atoms with Crippen molar-refractivity contribution in [2.45, 2.75) is 19.5 Å². The van der Waals surface area contributed by atoms with Gasteiger partial charge < -0.3 is 26.0 Å². The Morgan fingerprint density at radius 1 is 1.37 bits per heavy atom. The van der Waals surface area contributed by atoms with Crippen molar-refractivity contribution in [3.05, 3.63) is 29.8 Å². The molecule has 1 saturated heterocycles. The average Bonchev–Trinajstić information content (AvgIpc) is 3.09. The molecular weight excluding hydrogens is 344 g/mol. The molecule has 0 saturated carbocycles. The van der Waals surface area contributed by atoms with Crippen LogP contribution in [-0.2, 0) is 0 Å². The molecule has 0 radical (unpaired) electrons. The predicted octanol–water partition coefficient (Wildman–Crippen LogP) is 0.526. The lowest BCUT2D eigenvalue weighted by molar-refractivity contribution is 0.217. The molecule has 8 nitrogen and oxygen atoms in total. The van der Waals surface area contributed by atoms with E-state index in [-0.39, 0.29) is 12.2 Å². The zero-order valence-electron chi connectivity index (χ0n) is 16.5. The summed E-state index contributed by atoms with van der Waals surface area (Å²) < 4.78 is 5.81. The highest BCUT2D eigenvalue weighted by Crippen LogP contribution is 2.15. The lowest BCUT2D eigenvalue weighted by atomic mass is 10.1. The van der Waals surface area contributed by atoms with E-state index >= 15 is 0 Å². The van der Waals surface area contributed by atoms with Crippen molar-refractivity contribution >= 4 is 6.03 Å². The van der Waals surface area contributed by atoms with E-state index < -0.39 is 0 Å². The third-order valence-corrected chi connectivity index (χ3v) is 4.65. The first-order valence-electron chi connectivity index (χ1n) is 9.75. The van der Waals surface area contributed by atoms with Crippen LogP contribution in [0, 0.1) is 0 Å². The van der Waals surface area contributed by atoms with Gasteiger partial charge in [-0.25, -0.2) is 4.79 Å². The third kappa shape index (κ3) is 7.34. The largest absolute Gasteiger partial charge is 0.494 e. The zero-order chi connectivity index (χ0) is 19.5. The van der Waals surface area contributed by atoms with Crippen LogP contribution in [0.4, 0.5) is 4.79 Å². The van der Waals surface area contributed by atoms with Crippen LogP contribution in [0.25, 0.3) is 0 Å². The normalized spacial score (nSPS) is 15.3. The second-order valence-electron chi connectivity index (χ2n) is 6.64. The first kappa shape index (κ1) is 21.4. The molecule has 0 bridgehead atoms. The fraction of sp³-hybridized carbons (Fsp3) is 0.632. The number of hydrogen-bond acceptors (Lipinski definition) is 6. The van der Waals surface area contributed by atoms with Crippen LogP contribution in [0.15, 0.2) is 24.3 Å². The standard InChI is InChI=1S/C19H34N6O2/c1-3-24(15-21-2)11-4-14-27-17-7-5-16(6-8-17)18(20)22-9-12-25-13-10-23-19(25)26/h5-8,18,21-22H,3-4,9-15,20H2,1-2H3,(H,23,26). The van der Waals surface area contributed by atoms with Gasteiger partial charge in [-0.2, -0.15) is 0 Å². The molecule has 1 fully saturated rings. The van der Waals surface area contributed by atoms with Crippen LogP contribution >= 0.6 is 0 Å². The highest BCUT2D eigenvalue weighted by Gasteiger charge is 2.18. The van der Waals surface area contributed by atoms with Crippen molar-refractivity contribution in [3.63, 3.8) is 0 Å². The minimum Gasteiger partial charge on any atom is -0.494 e. The summed E-state index contributed by atoms with van der Waals surface area (Å²) in [5.41, 5.74) is 7.18. The highest BCUT2D eigenvalue weighted by molar-refractivity contribution is 5.76. The number of ether oxygens (including phenoxy) is 1. The van der Waals surface area contributed by atoms with E-state index in [9.17, 15) is 4.79 Å². The SMILES string of the molecule is CCN(CCCOc1ccc(C(N)NCCN2CCNC2=O)cc1)CNC. The van der Waals surface area contributed by atoms with E-state index in [1.54, 1.807) is 4.90 Å². The Hall–Kier alpha value is -1.87. The van der Waals surface area contributed by atoms with Gasteiger partial charge in [-0.1, -0.05) is 19.1 Å². The smallest absolute Gasteiger partial charge is 0.317 e. The summed E-state index contributed by atoms with van der Waals surface area (Å²) in [6.07, 6.45) is 0.729. The number of nitrogens with one attached hydrogen (secondary N) is 3. The molecule has 1 atom stereocenters. The molecule has 0 aliphatic carbocycles. The van der Waals surface area contributed by atoms with E-state index in [2.05, 4.69) is 27.8 Å². The maximum Gasteiger partial charge on any atom is 0.317 e. The molecule has 0 aromatic heterocycles. The first-order valence-corrected chi connectivity index (χ1v) is 9.75. The van der Waals surface area contributed by atoms with Gasteiger partial charge in [-0.15, -0.1) is 0 Å². The molecule has 2 amide bonds. The van der Waals surface area contributed by atoms with Crippen molar-refractivity contribution in [1.29, 1.82) is 0 Å².